The first-order valence-electron chi connectivity index (χ1n) is 6.82. The molecule has 2 aromatic carbocycles. The summed E-state index contributed by atoms with van der Waals surface area (Å²) in [6.45, 7) is 0. The Bertz CT molecular complexity index is 778. The van der Waals surface area contributed by atoms with E-state index in [1.54, 1.807) is 24.3 Å². The average Bonchev–Trinajstić information content (AvgIpc) is 2.55. The van der Waals surface area contributed by atoms with Crippen molar-refractivity contribution in [1.82, 2.24) is 0 Å². The Labute approximate surface area is 136 Å². The molecule has 0 radical (unpaired) electrons. The Balaban J connectivity index is 2.16. The lowest BCUT2D eigenvalue weighted by atomic mass is 10.1. The summed E-state index contributed by atoms with van der Waals surface area (Å²) in [5.41, 5.74) is 5.40. The number of benzene rings is 2. The van der Waals surface area contributed by atoms with E-state index in [-0.39, 0.29) is 12.2 Å². The van der Waals surface area contributed by atoms with Crippen LogP contribution in [0.15, 0.2) is 48.5 Å². The maximum atomic E-state index is 12.0. The molecule has 0 spiro atoms. The average molecular weight is 331 g/mol. The predicted molar refractivity (Wildman–Crippen MR) is 83.5 cm³/mol. The number of non-ortho nitro benzene ring substituents is 1. The summed E-state index contributed by atoms with van der Waals surface area (Å²) in [7, 11) is 0. The molecule has 0 heterocycles. The molecule has 124 valence electrons. The van der Waals surface area contributed by atoms with Gasteiger partial charge in [0.25, 0.3) is 5.69 Å². The van der Waals surface area contributed by atoms with Gasteiger partial charge in [0.05, 0.1) is 15.9 Å². The third-order valence-electron chi connectivity index (χ3n) is 3.16. The second-order valence-electron chi connectivity index (χ2n) is 4.88. The number of nitro benzene ring substituents is 2. The largest absolute Gasteiger partial charge is 0.418 e. The van der Waals surface area contributed by atoms with Crippen molar-refractivity contribution in [3.63, 3.8) is 0 Å². The highest BCUT2D eigenvalue weighted by atomic mass is 16.6. The minimum atomic E-state index is -1.03. The van der Waals surface area contributed by atoms with E-state index in [4.69, 9.17) is 10.5 Å². The first-order valence-corrected chi connectivity index (χ1v) is 6.82. The first kappa shape index (κ1) is 17.0. The summed E-state index contributed by atoms with van der Waals surface area (Å²) in [6.07, 6.45) is 0.195. The highest BCUT2D eigenvalue weighted by Crippen LogP contribution is 2.31. The molecule has 24 heavy (non-hydrogen) atoms. The van der Waals surface area contributed by atoms with Gasteiger partial charge in [0.1, 0.15) is 6.04 Å². The molecular weight excluding hydrogens is 318 g/mol. The molecule has 0 bridgehead atoms. The van der Waals surface area contributed by atoms with Crippen LogP contribution in [0.25, 0.3) is 0 Å². The number of nitrogens with two attached hydrogens (primary N) is 1. The van der Waals surface area contributed by atoms with E-state index in [1.165, 1.54) is 0 Å². The molecule has 1 atom stereocenters. The van der Waals surface area contributed by atoms with Gasteiger partial charge in [0.15, 0.2) is 0 Å². The summed E-state index contributed by atoms with van der Waals surface area (Å²) in [6, 6.07) is 10.7. The molecule has 0 aromatic heterocycles. The minimum absolute atomic E-state index is 0.195. The lowest BCUT2D eigenvalue weighted by molar-refractivity contribution is -0.394. The van der Waals surface area contributed by atoms with Crippen molar-refractivity contribution in [2.24, 2.45) is 5.73 Å². The van der Waals surface area contributed by atoms with Gasteiger partial charge in [-0.25, -0.2) is 4.79 Å². The molecule has 2 N–H and O–H groups in total. The van der Waals surface area contributed by atoms with Crippen molar-refractivity contribution in [1.29, 1.82) is 0 Å². The number of nitro groups is 2. The van der Waals surface area contributed by atoms with Gasteiger partial charge >= 0.3 is 11.7 Å². The van der Waals surface area contributed by atoms with E-state index < -0.39 is 33.2 Å². The van der Waals surface area contributed by atoms with Crippen molar-refractivity contribution < 1.29 is 19.4 Å². The fraction of sp³-hybridized carbons (Fsp3) is 0.133. The predicted octanol–water partition coefficient (Wildman–Crippen LogP) is 1.98. The number of esters is 1. The zero-order valence-corrected chi connectivity index (χ0v) is 12.3. The van der Waals surface area contributed by atoms with Crippen molar-refractivity contribution in [3.8, 4) is 5.75 Å². The summed E-state index contributed by atoms with van der Waals surface area (Å²) < 4.78 is 4.95. The maximum absolute atomic E-state index is 12.0. The van der Waals surface area contributed by atoms with Crippen LogP contribution in [0, 0.1) is 20.2 Å². The molecule has 9 heteroatoms. The van der Waals surface area contributed by atoms with Gasteiger partial charge in [-0.2, -0.15) is 0 Å². The zero-order valence-electron chi connectivity index (χ0n) is 12.3. The van der Waals surface area contributed by atoms with Crippen LogP contribution in [0.4, 0.5) is 11.4 Å². The number of carbonyl (C=O) groups excluding carboxylic acids is 1. The van der Waals surface area contributed by atoms with Crippen LogP contribution in [0.3, 0.4) is 0 Å². The standard InChI is InChI=1S/C15H13N3O6/c16-12(8-10-4-2-1-3-5-10)15(19)24-14-7-6-11(17(20)21)9-13(14)18(22)23/h1-7,9,12H,8,16H2/t12-/m0/s1. The SMILES string of the molecule is N[C@@H](Cc1ccccc1)C(=O)Oc1ccc([N+](=O)[O-])cc1[N+](=O)[O-]. The smallest absolute Gasteiger partial charge is 0.328 e. The molecule has 2 rings (SSSR count). The van der Waals surface area contributed by atoms with Gasteiger partial charge in [0, 0.05) is 6.07 Å². The maximum Gasteiger partial charge on any atom is 0.328 e. The van der Waals surface area contributed by atoms with Crippen LogP contribution >= 0.6 is 0 Å². The van der Waals surface area contributed by atoms with Crippen molar-refractivity contribution >= 4 is 17.3 Å². The highest BCUT2D eigenvalue weighted by Gasteiger charge is 2.25. The third-order valence-corrected chi connectivity index (χ3v) is 3.16. The lowest BCUT2D eigenvalue weighted by Gasteiger charge is -2.11. The lowest BCUT2D eigenvalue weighted by Crippen LogP contribution is -2.36. The number of nitrogens with zero attached hydrogens (tertiary/aromatic N) is 2. The fourth-order valence-corrected chi connectivity index (χ4v) is 1.98. The van der Waals surface area contributed by atoms with Gasteiger partial charge in [-0.1, -0.05) is 30.3 Å². The fourth-order valence-electron chi connectivity index (χ4n) is 1.98. The van der Waals surface area contributed by atoms with Crippen molar-refractivity contribution in [2.75, 3.05) is 0 Å². The molecule has 0 aliphatic heterocycles. The Kier molecular flexibility index (Phi) is 5.17. The van der Waals surface area contributed by atoms with Crippen LogP contribution in [0.1, 0.15) is 5.56 Å². The van der Waals surface area contributed by atoms with Crippen LogP contribution in [0.2, 0.25) is 0 Å². The molecule has 0 saturated carbocycles. The Hall–Kier alpha value is -3.33. The van der Waals surface area contributed by atoms with Crippen molar-refractivity contribution in [2.45, 2.75) is 12.5 Å². The molecule has 0 fully saturated rings. The van der Waals surface area contributed by atoms with E-state index in [9.17, 15) is 25.0 Å². The topological polar surface area (TPSA) is 139 Å². The number of hydrogen-bond acceptors (Lipinski definition) is 7. The van der Waals surface area contributed by atoms with E-state index >= 15 is 0 Å². The molecule has 0 aliphatic rings. The van der Waals surface area contributed by atoms with E-state index in [0.29, 0.717) is 0 Å². The molecule has 0 amide bonds. The monoisotopic (exact) mass is 331 g/mol. The second kappa shape index (κ2) is 7.29. The normalized spacial score (nSPS) is 11.5. The zero-order chi connectivity index (χ0) is 17.7. The van der Waals surface area contributed by atoms with Crippen LogP contribution < -0.4 is 10.5 Å². The van der Waals surface area contributed by atoms with Gasteiger partial charge in [0.2, 0.25) is 5.75 Å². The second-order valence-corrected chi connectivity index (χ2v) is 4.88. The van der Waals surface area contributed by atoms with E-state index in [2.05, 4.69) is 0 Å². The van der Waals surface area contributed by atoms with E-state index in [0.717, 1.165) is 23.8 Å². The third kappa shape index (κ3) is 4.11. The number of carbonyl (C=O) groups is 1. The Morgan fingerprint density at radius 3 is 2.33 bits per heavy atom. The van der Waals surface area contributed by atoms with Gasteiger partial charge in [-0.15, -0.1) is 0 Å². The first-order chi connectivity index (χ1) is 11.4. The number of rotatable bonds is 6. The molecule has 0 saturated heterocycles. The quantitative estimate of drug-likeness (QED) is 0.369. The summed E-state index contributed by atoms with van der Waals surface area (Å²) >= 11 is 0. The molecule has 2 aromatic rings. The molecule has 9 nitrogen and oxygen atoms in total. The Morgan fingerprint density at radius 2 is 1.75 bits per heavy atom. The van der Waals surface area contributed by atoms with Gasteiger partial charge < -0.3 is 10.5 Å². The minimum Gasteiger partial charge on any atom is -0.418 e. The highest BCUT2D eigenvalue weighted by molar-refractivity contribution is 5.79. The van der Waals surface area contributed by atoms with Gasteiger partial charge in [-0.05, 0) is 18.1 Å². The van der Waals surface area contributed by atoms with E-state index in [1.807, 2.05) is 6.07 Å². The number of ether oxygens (including phenoxy) is 1. The molecule has 0 unspecified atom stereocenters. The van der Waals surface area contributed by atoms with Crippen LogP contribution in [-0.4, -0.2) is 21.9 Å². The van der Waals surface area contributed by atoms with Crippen LogP contribution in [0.5, 0.6) is 5.75 Å². The summed E-state index contributed by atoms with van der Waals surface area (Å²) in [4.78, 5) is 32.0. The molecule has 0 aliphatic carbocycles. The molecular formula is C15H13N3O6. The Morgan fingerprint density at radius 1 is 1.08 bits per heavy atom. The summed E-state index contributed by atoms with van der Waals surface area (Å²) in [5.74, 6) is -1.25. The number of hydrogen-bond donors (Lipinski definition) is 1. The van der Waals surface area contributed by atoms with Gasteiger partial charge in [-0.3, -0.25) is 20.2 Å². The van der Waals surface area contributed by atoms with Crippen molar-refractivity contribution in [3.05, 3.63) is 74.3 Å². The van der Waals surface area contributed by atoms with Crippen LogP contribution in [-0.2, 0) is 11.2 Å². The summed E-state index contributed by atoms with van der Waals surface area (Å²) in [5, 5.41) is 21.7.